The zero-order valence-electron chi connectivity index (χ0n) is 15.7. The molecule has 142 valence electrons. The van der Waals surface area contributed by atoms with Crippen molar-refractivity contribution in [2.24, 2.45) is 0 Å². The smallest absolute Gasteiger partial charge is 0.267 e. The first-order chi connectivity index (χ1) is 14.1. The average molecular weight is 385 g/mol. The van der Waals surface area contributed by atoms with Crippen molar-refractivity contribution in [1.29, 1.82) is 0 Å². The normalized spacial score (nSPS) is 13.2. The lowest BCUT2D eigenvalue weighted by atomic mass is 10.1. The Morgan fingerprint density at radius 2 is 1.86 bits per heavy atom. The van der Waals surface area contributed by atoms with Crippen molar-refractivity contribution in [2.45, 2.75) is 6.92 Å². The summed E-state index contributed by atoms with van der Waals surface area (Å²) in [6.45, 7) is 1.79. The first kappa shape index (κ1) is 17.1. The fourth-order valence-corrected chi connectivity index (χ4v) is 3.58. The predicted molar refractivity (Wildman–Crippen MR) is 106 cm³/mol. The summed E-state index contributed by atoms with van der Waals surface area (Å²) in [4.78, 5) is 36.2. The van der Waals surface area contributed by atoms with Crippen LogP contribution in [0.4, 0.5) is 5.69 Å². The number of methoxy groups -OCH3 is 1. The molecule has 0 radical (unpaired) electrons. The molecule has 1 aromatic carbocycles. The lowest BCUT2D eigenvalue weighted by molar-refractivity contribution is 0.0926. The van der Waals surface area contributed by atoms with Gasteiger partial charge in [-0.1, -0.05) is 12.1 Å². The quantitative estimate of drug-likeness (QED) is 0.504. The van der Waals surface area contributed by atoms with Crippen LogP contribution in [0, 0.1) is 6.92 Å². The van der Waals surface area contributed by atoms with E-state index < -0.39 is 11.8 Å². The van der Waals surface area contributed by atoms with Crippen LogP contribution in [0.25, 0.3) is 16.9 Å². The Kier molecular flexibility index (Phi) is 3.67. The first-order valence-corrected chi connectivity index (χ1v) is 8.92. The maximum Gasteiger partial charge on any atom is 0.267 e. The van der Waals surface area contributed by atoms with Gasteiger partial charge in [0.2, 0.25) is 0 Å². The molecule has 1 aliphatic heterocycles. The van der Waals surface area contributed by atoms with Crippen LogP contribution in [0.3, 0.4) is 0 Å². The van der Waals surface area contributed by atoms with Crippen LogP contribution in [0.15, 0.2) is 54.9 Å². The minimum absolute atomic E-state index is 0.258. The number of hydrogen-bond acceptors (Lipinski definition) is 6. The SMILES string of the molecule is COc1cccc(N2C(=O)c3cnc4c(c(C)nn4-c4ccccn4)c3C2=O)c1. The van der Waals surface area contributed by atoms with Gasteiger partial charge in [0.05, 0.1) is 35.0 Å². The van der Waals surface area contributed by atoms with Gasteiger partial charge < -0.3 is 4.74 Å². The molecule has 0 atom stereocenters. The van der Waals surface area contributed by atoms with Gasteiger partial charge in [0.1, 0.15) is 5.75 Å². The number of imide groups is 1. The Hall–Kier alpha value is -4.07. The largest absolute Gasteiger partial charge is 0.497 e. The second-order valence-electron chi connectivity index (χ2n) is 6.58. The number of benzene rings is 1. The van der Waals surface area contributed by atoms with E-state index in [2.05, 4.69) is 15.1 Å². The van der Waals surface area contributed by atoms with Crippen LogP contribution in [0.2, 0.25) is 0 Å². The van der Waals surface area contributed by atoms with E-state index in [1.54, 1.807) is 54.2 Å². The minimum atomic E-state index is -0.419. The van der Waals surface area contributed by atoms with E-state index in [4.69, 9.17) is 4.74 Å². The van der Waals surface area contributed by atoms with E-state index >= 15 is 0 Å². The van der Waals surface area contributed by atoms with Crippen molar-refractivity contribution < 1.29 is 14.3 Å². The van der Waals surface area contributed by atoms with Gasteiger partial charge >= 0.3 is 0 Å². The van der Waals surface area contributed by atoms with Crippen LogP contribution in [-0.4, -0.2) is 38.7 Å². The van der Waals surface area contributed by atoms with E-state index in [9.17, 15) is 9.59 Å². The lowest BCUT2D eigenvalue weighted by Crippen LogP contribution is -2.29. The van der Waals surface area contributed by atoms with Crippen LogP contribution in [-0.2, 0) is 0 Å². The topological polar surface area (TPSA) is 90.2 Å². The van der Waals surface area contributed by atoms with Crippen LogP contribution >= 0.6 is 0 Å². The van der Waals surface area contributed by atoms with E-state index in [0.29, 0.717) is 39.5 Å². The van der Waals surface area contributed by atoms with Gasteiger partial charge in [0.25, 0.3) is 11.8 Å². The third-order valence-corrected chi connectivity index (χ3v) is 4.90. The monoisotopic (exact) mass is 385 g/mol. The highest BCUT2D eigenvalue weighted by Crippen LogP contribution is 2.35. The van der Waals surface area contributed by atoms with Crippen LogP contribution in [0.5, 0.6) is 5.75 Å². The van der Waals surface area contributed by atoms with Crippen molar-refractivity contribution in [3.05, 3.63) is 71.7 Å². The molecule has 0 saturated carbocycles. The number of carbonyl (C=O) groups excluding carboxylic acids is 2. The summed E-state index contributed by atoms with van der Waals surface area (Å²) >= 11 is 0. The number of rotatable bonds is 3. The van der Waals surface area contributed by atoms with Gasteiger partial charge in [-0.05, 0) is 31.2 Å². The third-order valence-electron chi connectivity index (χ3n) is 4.90. The maximum atomic E-state index is 13.3. The highest BCUT2D eigenvalue weighted by Gasteiger charge is 2.40. The molecule has 0 unspecified atom stereocenters. The second-order valence-corrected chi connectivity index (χ2v) is 6.58. The molecule has 1 aliphatic rings. The lowest BCUT2D eigenvalue weighted by Gasteiger charge is -2.14. The molecule has 8 nitrogen and oxygen atoms in total. The summed E-state index contributed by atoms with van der Waals surface area (Å²) in [7, 11) is 1.53. The molecule has 29 heavy (non-hydrogen) atoms. The van der Waals surface area contributed by atoms with Crippen molar-refractivity contribution in [3.63, 3.8) is 0 Å². The average Bonchev–Trinajstić information content (AvgIpc) is 3.22. The summed E-state index contributed by atoms with van der Waals surface area (Å²) in [5.74, 6) is 0.313. The number of ether oxygens (including phenoxy) is 1. The van der Waals surface area contributed by atoms with Crippen molar-refractivity contribution in [1.82, 2.24) is 19.7 Å². The molecule has 0 spiro atoms. The number of amides is 2. The number of hydrogen-bond donors (Lipinski definition) is 0. The van der Waals surface area contributed by atoms with Crippen LogP contribution < -0.4 is 9.64 Å². The van der Waals surface area contributed by atoms with Gasteiger partial charge in [0, 0.05) is 18.5 Å². The van der Waals surface area contributed by atoms with Crippen molar-refractivity contribution >= 4 is 28.5 Å². The number of aryl methyl sites for hydroxylation is 1. The van der Waals surface area contributed by atoms with Gasteiger partial charge in [-0.25, -0.2) is 14.9 Å². The van der Waals surface area contributed by atoms with Gasteiger partial charge in [-0.3, -0.25) is 9.59 Å². The molecule has 0 fully saturated rings. The summed E-state index contributed by atoms with van der Waals surface area (Å²) in [6.07, 6.45) is 3.09. The first-order valence-electron chi connectivity index (χ1n) is 8.92. The highest BCUT2D eigenvalue weighted by atomic mass is 16.5. The molecule has 5 rings (SSSR count). The molecule has 0 N–H and O–H groups in total. The molecular formula is C21H15N5O3. The predicted octanol–water partition coefficient (Wildman–Crippen LogP) is 2.93. The Morgan fingerprint density at radius 3 is 2.62 bits per heavy atom. The zero-order valence-corrected chi connectivity index (χ0v) is 15.7. The molecule has 4 heterocycles. The maximum absolute atomic E-state index is 13.3. The number of fused-ring (bicyclic) bond motifs is 3. The molecule has 3 aromatic heterocycles. The molecular weight excluding hydrogens is 370 g/mol. The second kappa shape index (κ2) is 6.23. The summed E-state index contributed by atoms with van der Waals surface area (Å²) in [5.41, 5.74) is 2.09. The Morgan fingerprint density at radius 1 is 1.00 bits per heavy atom. The van der Waals surface area contributed by atoms with Gasteiger partial charge in [-0.2, -0.15) is 9.78 Å². The number of nitrogens with zero attached hydrogens (tertiary/aromatic N) is 5. The number of carbonyl (C=O) groups is 2. The Balaban J connectivity index is 1.71. The molecule has 8 heteroatoms. The third kappa shape index (κ3) is 2.42. The van der Waals surface area contributed by atoms with E-state index in [1.165, 1.54) is 13.3 Å². The van der Waals surface area contributed by atoms with Crippen LogP contribution in [0.1, 0.15) is 26.4 Å². The molecule has 0 bridgehead atoms. The standard InChI is InChI=1S/C21H15N5O3/c1-12-17-18-15(11-23-19(17)26(24-12)16-8-3-4-9-22-16)20(27)25(21(18)28)13-6-5-7-14(10-13)29-2/h3-11H,1-2H3. The minimum Gasteiger partial charge on any atom is -0.497 e. The number of aromatic nitrogens is 4. The fraction of sp³-hybridized carbons (Fsp3) is 0.0952. The Bertz CT molecular complexity index is 1300. The van der Waals surface area contributed by atoms with Gasteiger partial charge in [0.15, 0.2) is 11.5 Å². The Labute approximate surface area is 165 Å². The highest BCUT2D eigenvalue weighted by molar-refractivity contribution is 6.37. The van der Waals surface area contributed by atoms with E-state index in [0.717, 1.165) is 4.90 Å². The number of anilines is 1. The fourth-order valence-electron chi connectivity index (χ4n) is 3.58. The van der Waals surface area contributed by atoms with E-state index in [1.807, 2.05) is 6.07 Å². The van der Waals surface area contributed by atoms with Crippen molar-refractivity contribution in [2.75, 3.05) is 12.0 Å². The van der Waals surface area contributed by atoms with Gasteiger partial charge in [-0.15, -0.1) is 0 Å². The molecule has 4 aromatic rings. The molecule has 2 amide bonds. The summed E-state index contributed by atoms with van der Waals surface area (Å²) in [6, 6.07) is 12.3. The molecule has 0 saturated heterocycles. The van der Waals surface area contributed by atoms with E-state index in [-0.39, 0.29) is 5.56 Å². The summed E-state index contributed by atoms with van der Waals surface area (Å²) in [5, 5.41) is 5.06. The van der Waals surface area contributed by atoms with Crippen molar-refractivity contribution in [3.8, 4) is 11.6 Å². The number of pyridine rings is 2. The zero-order chi connectivity index (χ0) is 20.1. The summed E-state index contributed by atoms with van der Waals surface area (Å²) < 4.78 is 6.80. The molecule has 0 aliphatic carbocycles.